The topological polar surface area (TPSA) is 103 Å². The molecule has 0 bridgehead atoms. The molecule has 5 rings (SSSR count). The Kier molecular flexibility index (Phi) is 4.95. The predicted octanol–water partition coefficient (Wildman–Crippen LogP) is 4.50. The summed E-state index contributed by atoms with van der Waals surface area (Å²) in [6, 6.07) is 3.48. The molecule has 0 aliphatic heterocycles. The number of hydrogen-bond acceptors (Lipinski definition) is 7. The van der Waals surface area contributed by atoms with E-state index in [0.29, 0.717) is 33.5 Å². The maximum atomic E-state index is 13.3. The van der Waals surface area contributed by atoms with Crippen LogP contribution in [0.4, 0.5) is 5.69 Å². The molecule has 8 nitrogen and oxygen atoms in total. The minimum absolute atomic E-state index is 0.130. The minimum atomic E-state index is -0.366. The van der Waals surface area contributed by atoms with Crippen LogP contribution in [0, 0.1) is 0 Å². The molecule has 0 aliphatic rings. The Balaban J connectivity index is 1.44. The molecule has 0 saturated carbocycles. The molecule has 1 amide bonds. The van der Waals surface area contributed by atoms with Crippen LogP contribution in [0.3, 0.4) is 0 Å². The summed E-state index contributed by atoms with van der Waals surface area (Å²) in [7, 11) is 0. The number of pyridine rings is 2. The highest BCUT2D eigenvalue weighted by Crippen LogP contribution is 2.25. The Labute approximate surface area is 187 Å². The van der Waals surface area contributed by atoms with E-state index in [1.165, 1.54) is 18.7 Å². The third-order valence-electron chi connectivity index (χ3n) is 5.14. The van der Waals surface area contributed by atoms with Crippen LogP contribution >= 0.6 is 11.3 Å². The van der Waals surface area contributed by atoms with Crippen LogP contribution in [-0.2, 0) is 0 Å². The number of nitrogens with zero attached hydrogens (tertiary/aromatic N) is 5. The van der Waals surface area contributed by atoms with Crippen molar-refractivity contribution in [3.8, 4) is 0 Å². The first-order valence-corrected chi connectivity index (χ1v) is 10.9. The van der Waals surface area contributed by atoms with E-state index in [1.54, 1.807) is 42.1 Å². The molecule has 9 heteroatoms. The first-order valence-electron chi connectivity index (χ1n) is 9.95. The molecule has 1 N–H and O–H groups in total. The smallest absolute Gasteiger partial charge is 0.274 e. The molecule has 0 fully saturated rings. The normalized spacial score (nSPS) is 11.3. The van der Waals surface area contributed by atoms with Crippen molar-refractivity contribution in [1.29, 1.82) is 0 Å². The maximum Gasteiger partial charge on any atom is 0.274 e. The minimum Gasteiger partial charge on any atom is -0.329 e. The highest BCUT2D eigenvalue weighted by atomic mass is 32.1. The molecule has 0 radical (unpaired) electrons. The Morgan fingerprint density at radius 1 is 1.00 bits per heavy atom. The van der Waals surface area contributed by atoms with E-state index in [9.17, 15) is 9.59 Å². The number of carbonyl (C=O) groups excluding carboxylic acids is 2. The third kappa shape index (κ3) is 3.52. The quantitative estimate of drug-likeness (QED) is 0.402. The fourth-order valence-corrected chi connectivity index (χ4v) is 4.30. The summed E-state index contributed by atoms with van der Waals surface area (Å²) < 4.78 is 1.94. The van der Waals surface area contributed by atoms with E-state index in [2.05, 4.69) is 25.3 Å². The highest BCUT2D eigenvalue weighted by Gasteiger charge is 2.20. The van der Waals surface area contributed by atoms with Gasteiger partial charge in [0.1, 0.15) is 17.7 Å². The lowest BCUT2D eigenvalue weighted by Crippen LogP contribution is -2.14. The van der Waals surface area contributed by atoms with Crippen LogP contribution in [0.1, 0.15) is 46.3 Å². The Morgan fingerprint density at radius 2 is 1.84 bits per heavy atom. The zero-order chi connectivity index (χ0) is 22.2. The molecular weight excluding hydrogens is 424 g/mol. The van der Waals surface area contributed by atoms with E-state index >= 15 is 0 Å². The van der Waals surface area contributed by atoms with Gasteiger partial charge in [-0.05, 0) is 36.7 Å². The van der Waals surface area contributed by atoms with Gasteiger partial charge in [0.05, 0.1) is 17.4 Å². The van der Waals surface area contributed by atoms with Crippen LogP contribution < -0.4 is 5.32 Å². The number of thiophene rings is 1. The van der Waals surface area contributed by atoms with Crippen LogP contribution in [-0.4, -0.2) is 36.2 Å². The molecule has 5 heterocycles. The average molecular weight is 443 g/mol. The third-order valence-corrected chi connectivity index (χ3v) is 5.92. The zero-order valence-corrected chi connectivity index (χ0v) is 18.1. The standard InChI is InChI=1S/C23H18N6O2S/c1-13(2)29-9-19(18-8-25-12-27-22(18)29)21(30)14-3-17(7-24-5-14)28-23(31)20-4-15-10-32-11-16(15)6-26-20/h3-13H,1-2H3,(H,28,31). The monoisotopic (exact) mass is 442 g/mol. The summed E-state index contributed by atoms with van der Waals surface area (Å²) in [6.07, 6.45) is 9.55. The molecule has 0 spiro atoms. The summed E-state index contributed by atoms with van der Waals surface area (Å²) in [6.45, 7) is 4.05. The summed E-state index contributed by atoms with van der Waals surface area (Å²) in [4.78, 5) is 42.7. The van der Waals surface area contributed by atoms with Crippen molar-refractivity contribution in [2.75, 3.05) is 5.32 Å². The second-order valence-electron chi connectivity index (χ2n) is 7.62. The van der Waals surface area contributed by atoms with Gasteiger partial charge in [-0.25, -0.2) is 9.97 Å². The SMILES string of the molecule is CC(C)n1cc(C(=O)c2cncc(NC(=O)c3cc4cscc4cn3)c2)c2cncnc21. The molecular formula is C23H18N6O2S. The molecule has 158 valence electrons. The van der Waals surface area contributed by atoms with Gasteiger partial charge in [0.15, 0.2) is 5.78 Å². The van der Waals surface area contributed by atoms with E-state index in [1.807, 2.05) is 29.2 Å². The van der Waals surface area contributed by atoms with Crippen molar-refractivity contribution in [2.45, 2.75) is 19.9 Å². The number of nitrogens with one attached hydrogen (secondary N) is 1. The number of hydrogen-bond donors (Lipinski definition) is 1. The predicted molar refractivity (Wildman–Crippen MR) is 123 cm³/mol. The van der Waals surface area contributed by atoms with Gasteiger partial charge in [-0.3, -0.25) is 19.6 Å². The lowest BCUT2D eigenvalue weighted by molar-refractivity contribution is 0.101. The van der Waals surface area contributed by atoms with Gasteiger partial charge >= 0.3 is 0 Å². The molecule has 0 aliphatic carbocycles. The molecule has 0 saturated heterocycles. The number of rotatable bonds is 5. The maximum absolute atomic E-state index is 13.3. The Bertz CT molecular complexity index is 1490. The summed E-state index contributed by atoms with van der Waals surface area (Å²) in [5, 5.41) is 9.35. The molecule has 0 atom stereocenters. The fraction of sp³-hybridized carbons (Fsp3) is 0.130. The molecule has 32 heavy (non-hydrogen) atoms. The largest absolute Gasteiger partial charge is 0.329 e. The van der Waals surface area contributed by atoms with Crippen molar-refractivity contribution >= 4 is 50.5 Å². The highest BCUT2D eigenvalue weighted by molar-refractivity contribution is 7.09. The first kappa shape index (κ1) is 20.0. The summed E-state index contributed by atoms with van der Waals surface area (Å²) in [5.74, 6) is -0.583. The van der Waals surface area contributed by atoms with Gasteiger partial charge in [0.2, 0.25) is 0 Å². The van der Waals surface area contributed by atoms with Crippen molar-refractivity contribution < 1.29 is 9.59 Å². The van der Waals surface area contributed by atoms with Crippen molar-refractivity contribution in [3.63, 3.8) is 0 Å². The number of carbonyl (C=O) groups is 2. The number of fused-ring (bicyclic) bond motifs is 2. The van der Waals surface area contributed by atoms with E-state index in [4.69, 9.17) is 0 Å². The van der Waals surface area contributed by atoms with Gasteiger partial charge in [-0.1, -0.05) is 0 Å². The number of ketones is 1. The molecule has 0 unspecified atom stereocenters. The second kappa shape index (κ2) is 7.93. The van der Waals surface area contributed by atoms with Gasteiger partial charge in [-0.15, -0.1) is 0 Å². The average Bonchev–Trinajstić information content (AvgIpc) is 3.43. The molecule has 5 aromatic rings. The zero-order valence-electron chi connectivity index (χ0n) is 17.3. The lowest BCUT2D eigenvalue weighted by Gasteiger charge is -2.07. The van der Waals surface area contributed by atoms with Gasteiger partial charge in [-0.2, -0.15) is 11.3 Å². The van der Waals surface area contributed by atoms with Crippen LogP contribution in [0.25, 0.3) is 21.8 Å². The van der Waals surface area contributed by atoms with Crippen LogP contribution in [0.5, 0.6) is 0 Å². The fourth-order valence-electron chi connectivity index (χ4n) is 3.53. The number of anilines is 1. The first-order chi connectivity index (χ1) is 15.5. The molecule has 0 aromatic carbocycles. The summed E-state index contributed by atoms with van der Waals surface area (Å²) >= 11 is 1.55. The van der Waals surface area contributed by atoms with E-state index < -0.39 is 0 Å². The summed E-state index contributed by atoms with van der Waals surface area (Å²) in [5.41, 5.74) is 2.26. The van der Waals surface area contributed by atoms with Crippen LogP contribution in [0.2, 0.25) is 0 Å². The number of amides is 1. The van der Waals surface area contributed by atoms with Gasteiger partial charge in [0, 0.05) is 52.5 Å². The van der Waals surface area contributed by atoms with Gasteiger partial charge < -0.3 is 9.88 Å². The lowest BCUT2D eigenvalue weighted by atomic mass is 10.1. The van der Waals surface area contributed by atoms with Crippen molar-refractivity contribution in [2.24, 2.45) is 0 Å². The van der Waals surface area contributed by atoms with Crippen molar-refractivity contribution in [1.82, 2.24) is 24.5 Å². The second-order valence-corrected chi connectivity index (χ2v) is 8.36. The van der Waals surface area contributed by atoms with Crippen LogP contribution in [0.15, 0.2) is 60.2 Å². The molecule has 5 aromatic heterocycles. The van der Waals surface area contributed by atoms with Gasteiger partial charge in [0.25, 0.3) is 5.91 Å². The van der Waals surface area contributed by atoms with E-state index in [-0.39, 0.29) is 17.7 Å². The number of aromatic nitrogens is 5. The van der Waals surface area contributed by atoms with Crippen molar-refractivity contribution in [3.05, 3.63) is 77.0 Å². The Hall–Kier alpha value is -3.98. The Morgan fingerprint density at radius 3 is 2.69 bits per heavy atom. The van der Waals surface area contributed by atoms with E-state index in [0.717, 1.165) is 10.8 Å².